The highest BCUT2D eigenvalue weighted by molar-refractivity contribution is 5.20. The summed E-state index contributed by atoms with van der Waals surface area (Å²) in [4.78, 5) is 2.45. The van der Waals surface area contributed by atoms with E-state index in [2.05, 4.69) is 37.4 Å². The van der Waals surface area contributed by atoms with Crippen molar-refractivity contribution in [2.24, 2.45) is 11.8 Å². The Morgan fingerprint density at radius 2 is 1.86 bits per heavy atom. The van der Waals surface area contributed by atoms with Crippen molar-refractivity contribution in [3.63, 3.8) is 0 Å². The van der Waals surface area contributed by atoms with Crippen molar-refractivity contribution in [2.75, 3.05) is 14.1 Å². The topological polar surface area (TPSA) is 41.3 Å². The van der Waals surface area contributed by atoms with E-state index in [1.807, 2.05) is 0 Å². The number of nitrogens with zero attached hydrogens (tertiary/aromatic N) is 1. The van der Waals surface area contributed by atoms with Crippen LogP contribution in [0.1, 0.15) is 71.1 Å². The first-order valence-corrected chi connectivity index (χ1v) is 8.92. The Kier molecular flexibility index (Phi) is 6.27. The predicted octanol–water partition coefficient (Wildman–Crippen LogP) is 3.61. The van der Waals surface area contributed by atoms with Gasteiger partial charge in [-0.2, -0.15) is 0 Å². The molecule has 0 heterocycles. The van der Waals surface area contributed by atoms with Gasteiger partial charge in [0.05, 0.1) is 6.04 Å². The summed E-state index contributed by atoms with van der Waals surface area (Å²) in [5, 5.41) is 0. The molecule has 1 saturated carbocycles. The minimum atomic E-state index is 0.201. The van der Waals surface area contributed by atoms with Gasteiger partial charge in [-0.3, -0.25) is 11.3 Å². The molecule has 122 valence electrons. The molecule has 0 aromatic rings. The summed E-state index contributed by atoms with van der Waals surface area (Å²) in [5.74, 6) is 6.93. The van der Waals surface area contributed by atoms with Gasteiger partial charge in [0.15, 0.2) is 0 Å². The molecule has 1 atom stereocenters. The van der Waals surface area contributed by atoms with Crippen LogP contribution in [0.15, 0.2) is 11.6 Å². The first-order valence-electron chi connectivity index (χ1n) is 8.92. The van der Waals surface area contributed by atoms with Crippen LogP contribution in [0.4, 0.5) is 0 Å². The summed E-state index contributed by atoms with van der Waals surface area (Å²) in [7, 11) is 4.48. The van der Waals surface area contributed by atoms with E-state index in [9.17, 15) is 0 Å². The van der Waals surface area contributed by atoms with Crippen LogP contribution in [-0.4, -0.2) is 30.6 Å². The summed E-state index contributed by atoms with van der Waals surface area (Å²) < 4.78 is 0. The molecule has 2 aliphatic rings. The Hall–Kier alpha value is -0.380. The zero-order valence-corrected chi connectivity index (χ0v) is 14.3. The molecule has 3 nitrogen and oxygen atoms in total. The third-order valence-corrected chi connectivity index (χ3v) is 5.93. The number of nitrogens with two attached hydrogens (primary N) is 1. The van der Waals surface area contributed by atoms with E-state index in [0.29, 0.717) is 6.04 Å². The van der Waals surface area contributed by atoms with E-state index in [-0.39, 0.29) is 5.54 Å². The number of allylic oxidation sites excluding steroid dienone is 1. The van der Waals surface area contributed by atoms with Gasteiger partial charge < -0.3 is 4.90 Å². The quantitative estimate of drug-likeness (QED) is 0.473. The lowest BCUT2D eigenvalue weighted by Crippen LogP contribution is -2.62. The van der Waals surface area contributed by atoms with Gasteiger partial charge in [0.2, 0.25) is 0 Å². The van der Waals surface area contributed by atoms with E-state index >= 15 is 0 Å². The van der Waals surface area contributed by atoms with Crippen LogP contribution >= 0.6 is 0 Å². The number of rotatable bonds is 4. The summed E-state index contributed by atoms with van der Waals surface area (Å²) in [6.07, 6.45) is 15.5. The molecule has 3 N–H and O–H groups in total. The number of likely N-dealkylation sites (N-methyl/N-ethyl adjacent to an activating group) is 1. The second-order valence-corrected chi connectivity index (χ2v) is 7.51. The van der Waals surface area contributed by atoms with E-state index in [1.54, 1.807) is 5.57 Å². The average Bonchev–Trinajstić information content (AvgIpc) is 2.43. The largest absolute Gasteiger partial charge is 0.302 e. The second-order valence-electron chi connectivity index (χ2n) is 7.51. The zero-order valence-electron chi connectivity index (χ0n) is 14.3. The minimum Gasteiger partial charge on any atom is -0.302 e. The summed E-state index contributed by atoms with van der Waals surface area (Å²) >= 11 is 0. The highest BCUT2D eigenvalue weighted by Crippen LogP contribution is 2.40. The molecule has 0 saturated heterocycles. The molecule has 3 heteroatoms. The first-order chi connectivity index (χ1) is 10.1. The third-order valence-electron chi connectivity index (χ3n) is 5.93. The monoisotopic (exact) mass is 293 g/mol. The molecule has 21 heavy (non-hydrogen) atoms. The van der Waals surface area contributed by atoms with Gasteiger partial charge in [0, 0.05) is 5.54 Å². The van der Waals surface area contributed by atoms with Gasteiger partial charge in [0.1, 0.15) is 0 Å². The SMILES string of the molecule is CC1CCC(C(NN)C2=CCCCCCC2)(N(C)C)CC1. The summed E-state index contributed by atoms with van der Waals surface area (Å²) in [6, 6.07) is 0.318. The zero-order chi connectivity index (χ0) is 15.3. The fourth-order valence-corrected chi connectivity index (χ4v) is 4.34. The fraction of sp³-hybridized carbons (Fsp3) is 0.889. The van der Waals surface area contributed by atoms with Crippen LogP contribution < -0.4 is 11.3 Å². The Bertz CT molecular complexity index is 340. The fourth-order valence-electron chi connectivity index (χ4n) is 4.34. The van der Waals surface area contributed by atoms with Crippen molar-refractivity contribution in [1.82, 2.24) is 10.3 Å². The van der Waals surface area contributed by atoms with Crippen molar-refractivity contribution in [3.05, 3.63) is 11.6 Å². The molecule has 0 amide bonds. The molecule has 0 aromatic carbocycles. The standard InChI is InChI=1S/C18H35N3/c1-15-11-13-18(14-12-15,21(2)3)17(20-19)16-9-7-5-4-6-8-10-16/h9,15,17,20H,4-8,10-14,19H2,1-3H3. The van der Waals surface area contributed by atoms with Gasteiger partial charge in [-0.1, -0.05) is 31.4 Å². The van der Waals surface area contributed by atoms with Crippen LogP contribution in [0.25, 0.3) is 0 Å². The second kappa shape index (κ2) is 7.75. The maximum Gasteiger partial charge on any atom is 0.0603 e. The smallest absolute Gasteiger partial charge is 0.0603 e. The molecule has 0 bridgehead atoms. The Balaban J connectivity index is 2.22. The maximum atomic E-state index is 6.06. The van der Waals surface area contributed by atoms with E-state index in [1.165, 1.54) is 64.2 Å². The van der Waals surface area contributed by atoms with Gasteiger partial charge in [0.25, 0.3) is 0 Å². The normalized spacial score (nSPS) is 33.2. The Morgan fingerprint density at radius 3 is 2.48 bits per heavy atom. The Morgan fingerprint density at radius 1 is 1.19 bits per heavy atom. The lowest BCUT2D eigenvalue weighted by Gasteiger charge is -2.50. The molecule has 2 rings (SSSR count). The molecule has 0 radical (unpaired) electrons. The number of nitrogens with one attached hydrogen (secondary N) is 1. The first kappa shape index (κ1) is 17.0. The number of hydrazine groups is 1. The van der Waals surface area contributed by atoms with Crippen molar-refractivity contribution >= 4 is 0 Å². The van der Waals surface area contributed by atoms with Gasteiger partial charge in [-0.25, -0.2) is 0 Å². The molecule has 0 aliphatic heterocycles. The molecule has 2 aliphatic carbocycles. The molecule has 1 unspecified atom stereocenters. The van der Waals surface area contributed by atoms with Crippen LogP contribution in [0.5, 0.6) is 0 Å². The van der Waals surface area contributed by atoms with Crippen molar-refractivity contribution < 1.29 is 0 Å². The molecule has 0 spiro atoms. The van der Waals surface area contributed by atoms with Gasteiger partial charge in [-0.05, 0) is 71.4 Å². The molecule has 1 fully saturated rings. The molecule has 0 aromatic heterocycles. The maximum absolute atomic E-state index is 6.06. The van der Waals surface area contributed by atoms with Gasteiger partial charge >= 0.3 is 0 Å². The molecular formula is C18H35N3. The van der Waals surface area contributed by atoms with Crippen molar-refractivity contribution in [2.45, 2.75) is 82.7 Å². The van der Waals surface area contributed by atoms with Gasteiger partial charge in [-0.15, -0.1) is 0 Å². The highest BCUT2D eigenvalue weighted by Gasteiger charge is 2.43. The number of hydrogen-bond acceptors (Lipinski definition) is 3. The molecular weight excluding hydrogens is 258 g/mol. The Labute approximate surface area is 131 Å². The van der Waals surface area contributed by atoms with Crippen molar-refractivity contribution in [3.8, 4) is 0 Å². The third kappa shape index (κ3) is 3.88. The lowest BCUT2D eigenvalue weighted by atomic mass is 9.69. The summed E-state index contributed by atoms with van der Waals surface area (Å²) in [5.41, 5.74) is 4.99. The van der Waals surface area contributed by atoms with Crippen LogP contribution in [-0.2, 0) is 0 Å². The lowest BCUT2D eigenvalue weighted by molar-refractivity contribution is 0.0539. The predicted molar refractivity (Wildman–Crippen MR) is 90.9 cm³/mol. The highest BCUT2D eigenvalue weighted by atomic mass is 15.3. The minimum absolute atomic E-state index is 0.201. The van der Waals surface area contributed by atoms with Crippen LogP contribution in [0, 0.1) is 5.92 Å². The van der Waals surface area contributed by atoms with E-state index in [4.69, 9.17) is 5.84 Å². The van der Waals surface area contributed by atoms with Crippen LogP contribution in [0.3, 0.4) is 0 Å². The average molecular weight is 293 g/mol. The van der Waals surface area contributed by atoms with Crippen LogP contribution in [0.2, 0.25) is 0 Å². The number of hydrogen-bond donors (Lipinski definition) is 2. The van der Waals surface area contributed by atoms with E-state index in [0.717, 1.165) is 5.92 Å². The summed E-state index contributed by atoms with van der Waals surface area (Å²) in [6.45, 7) is 2.39. The van der Waals surface area contributed by atoms with Crippen molar-refractivity contribution in [1.29, 1.82) is 0 Å². The van der Waals surface area contributed by atoms with E-state index < -0.39 is 0 Å².